The zero-order chi connectivity index (χ0) is 27.1. The number of hydrogen-bond acceptors (Lipinski definition) is 6. The SMILES string of the molecule is [2H]c1cc(C([2H])N2CCOCC2=O)c([2H])cc1C([2H])Oc1cccc2c1CN(C1CCC(=O)NC1=O)C2=O. The second-order valence-corrected chi connectivity index (χ2v) is 8.17. The molecule has 34 heavy (non-hydrogen) atoms. The van der Waals surface area contributed by atoms with Gasteiger partial charge in [-0.2, -0.15) is 0 Å². The molecule has 9 heteroatoms. The van der Waals surface area contributed by atoms with Crippen molar-refractivity contribution in [2.75, 3.05) is 19.8 Å². The summed E-state index contributed by atoms with van der Waals surface area (Å²) in [5.74, 6) is -1.42. The Morgan fingerprint density at radius 1 is 1.15 bits per heavy atom. The van der Waals surface area contributed by atoms with Crippen LogP contribution >= 0.6 is 0 Å². The molecule has 0 spiro atoms. The quantitative estimate of drug-likeness (QED) is 0.644. The van der Waals surface area contributed by atoms with Crippen LogP contribution in [0.4, 0.5) is 0 Å². The fraction of sp³-hybridized carbons (Fsp3) is 0.360. The maximum atomic E-state index is 13.0. The summed E-state index contributed by atoms with van der Waals surface area (Å²) >= 11 is 0. The fourth-order valence-electron chi connectivity index (χ4n) is 4.18. The van der Waals surface area contributed by atoms with Crippen LogP contribution in [0.15, 0.2) is 42.4 Å². The average Bonchev–Trinajstić information content (AvgIpc) is 3.22. The predicted octanol–water partition coefficient (Wildman–Crippen LogP) is 1.39. The molecule has 5 rings (SSSR count). The molecule has 0 radical (unpaired) electrons. The Morgan fingerprint density at radius 2 is 1.97 bits per heavy atom. The van der Waals surface area contributed by atoms with Crippen LogP contribution in [0.2, 0.25) is 0 Å². The third-order valence-corrected chi connectivity index (χ3v) is 5.96. The Kier molecular flexibility index (Phi) is 4.83. The minimum atomic E-state index is -1.42. The van der Waals surface area contributed by atoms with E-state index in [4.69, 9.17) is 15.0 Å². The normalized spacial score (nSPS) is 23.9. The lowest BCUT2D eigenvalue weighted by Crippen LogP contribution is -2.52. The van der Waals surface area contributed by atoms with Crippen LogP contribution in [0.25, 0.3) is 0 Å². The van der Waals surface area contributed by atoms with Crippen molar-refractivity contribution in [1.29, 1.82) is 0 Å². The third kappa shape index (κ3) is 4.38. The van der Waals surface area contributed by atoms with Crippen molar-refractivity contribution in [3.63, 3.8) is 0 Å². The number of benzene rings is 2. The van der Waals surface area contributed by atoms with Crippen molar-refractivity contribution in [3.05, 3.63) is 64.7 Å². The van der Waals surface area contributed by atoms with Gasteiger partial charge in [-0.05, 0) is 29.7 Å². The largest absolute Gasteiger partial charge is 0.489 e. The predicted molar refractivity (Wildman–Crippen MR) is 119 cm³/mol. The van der Waals surface area contributed by atoms with E-state index in [9.17, 15) is 19.2 Å². The van der Waals surface area contributed by atoms with Gasteiger partial charge in [0, 0.05) is 30.6 Å². The van der Waals surface area contributed by atoms with Gasteiger partial charge in [0.25, 0.3) is 5.91 Å². The minimum absolute atomic E-state index is 0.0633. The van der Waals surface area contributed by atoms with Crippen molar-refractivity contribution in [2.24, 2.45) is 0 Å². The van der Waals surface area contributed by atoms with E-state index < -0.39 is 25.1 Å². The number of nitrogens with one attached hydrogen (secondary N) is 1. The van der Waals surface area contributed by atoms with Crippen molar-refractivity contribution < 1.29 is 34.1 Å². The molecule has 2 saturated heterocycles. The van der Waals surface area contributed by atoms with Gasteiger partial charge in [-0.25, -0.2) is 0 Å². The van der Waals surface area contributed by atoms with Gasteiger partial charge >= 0.3 is 0 Å². The lowest BCUT2D eigenvalue weighted by molar-refractivity contribution is -0.143. The highest BCUT2D eigenvalue weighted by Gasteiger charge is 2.40. The van der Waals surface area contributed by atoms with E-state index in [1.54, 1.807) is 18.2 Å². The van der Waals surface area contributed by atoms with E-state index in [0.717, 1.165) is 0 Å². The summed E-state index contributed by atoms with van der Waals surface area (Å²) in [5, 5.41) is 2.26. The van der Waals surface area contributed by atoms with Gasteiger partial charge in [0.1, 0.15) is 25.0 Å². The number of hydrogen-bond donors (Lipinski definition) is 1. The monoisotopic (exact) mass is 467 g/mol. The summed E-state index contributed by atoms with van der Waals surface area (Å²) in [7, 11) is 0. The van der Waals surface area contributed by atoms with Crippen LogP contribution in [-0.4, -0.2) is 59.2 Å². The van der Waals surface area contributed by atoms with Crippen molar-refractivity contribution in [2.45, 2.75) is 38.5 Å². The molecule has 4 amide bonds. The molecular formula is C25H25N3O6. The number of nitrogens with zero attached hydrogens (tertiary/aromatic N) is 2. The first-order valence-corrected chi connectivity index (χ1v) is 10.9. The molecule has 3 aliphatic rings. The summed E-state index contributed by atoms with van der Waals surface area (Å²) < 4.78 is 44.8. The smallest absolute Gasteiger partial charge is 0.255 e. The Balaban J connectivity index is 1.35. The molecule has 3 aliphatic heterocycles. The van der Waals surface area contributed by atoms with Crippen LogP contribution in [-0.2, 0) is 38.8 Å². The van der Waals surface area contributed by atoms with E-state index >= 15 is 0 Å². The van der Waals surface area contributed by atoms with Gasteiger partial charge in [-0.15, -0.1) is 0 Å². The molecule has 2 aromatic carbocycles. The molecule has 0 bridgehead atoms. The van der Waals surface area contributed by atoms with E-state index in [-0.39, 0.29) is 85.8 Å². The third-order valence-electron chi connectivity index (χ3n) is 5.96. The Bertz CT molecular complexity index is 1340. The molecular weight excluding hydrogens is 438 g/mol. The second-order valence-electron chi connectivity index (χ2n) is 8.17. The number of carbonyl (C=O) groups excluding carboxylic acids is 4. The first kappa shape index (κ1) is 17.7. The summed E-state index contributed by atoms with van der Waals surface area (Å²) in [6.45, 7) is -2.17. The second kappa shape index (κ2) is 9.26. The summed E-state index contributed by atoms with van der Waals surface area (Å²) in [6, 6.07) is 6.35. The van der Waals surface area contributed by atoms with Gasteiger partial charge in [0.15, 0.2) is 0 Å². The standard InChI is InChI=1S/C25H25N3O6/c29-22-9-8-20(24(31)26-22)28-13-19-18(25(28)32)2-1-3-21(19)34-14-17-6-4-16(5-7-17)12-27-10-11-33-15-23(27)30/h1-7,20H,8-15H2,(H,26,29,31)/i4D,7D,12D,14D. The average molecular weight is 468 g/mol. The van der Waals surface area contributed by atoms with Crippen LogP contribution in [0.5, 0.6) is 5.75 Å². The fourth-order valence-corrected chi connectivity index (χ4v) is 4.18. The highest BCUT2D eigenvalue weighted by Crippen LogP contribution is 2.34. The molecule has 2 aromatic rings. The van der Waals surface area contributed by atoms with Crippen LogP contribution in [0.1, 0.15) is 45.4 Å². The van der Waals surface area contributed by atoms with Crippen LogP contribution in [0.3, 0.4) is 0 Å². The summed E-state index contributed by atoms with van der Waals surface area (Å²) in [6.07, 6.45) is 0.348. The molecule has 2 fully saturated rings. The molecule has 0 aliphatic carbocycles. The zero-order valence-electron chi connectivity index (χ0n) is 22.2. The minimum Gasteiger partial charge on any atom is -0.489 e. The van der Waals surface area contributed by atoms with Crippen molar-refractivity contribution in [1.82, 2.24) is 15.1 Å². The zero-order valence-corrected chi connectivity index (χ0v) is 18.2. The summed E-state index contributed by atoms with van der Waals surface area (Å²) in [5.41, 5.74) is 1.07. The molecule has 0 saturated carbocycles. The number of ether oxygens (including phenoxy) is 2. The number of fused-ring (bicyclic) bond motifs is 1. The molecule has 3 atom stereocenters. The Morgan fingerprint density at radius 3 is 2.79 bits per heavy atom. The van der Waals surface area contributed by atoms with Gasteiger partial charge in [-0.3, -0.25) is 24.5 Å². The maximum Gasteiger partial charge on any atom is 0.255 e. The highest BCUT2D eigenvalue weighted by molar-refractivity contribution is 6.05. The highest BCUT2D eigenvalue weighted by atomic mass is 16.5. The van der Waals surface area contributed by atoms with E-state index in [1.165, 1.54) is 21.9 Å². The summed E-state index contributed by atoms with van der Waals surface area (Å²) in [4.78, 5) is 51.7. The number of rotatable bonds is 6. The number of morpholine rings is 1. The number of amides is 4. The lowest BCUT2D eigenvalue weighted by atomic mass is 10.0. The first-order valence-electron chi connectivity index (χ1n) is 13.1. The number of imide groups is 1. The molecule has 176 valence electrons. The van der Waals surface area contributed by atoms with Crippen LogP contribution in [0, 0.1) is 0 Å². The Labute approximate surface area is 202 Å². The van der Waals surface area contributed by atoms with E-state index in [0.29, 0.717) is 11.1 Å². The van der Waals surface area contributed by atoms with E-state index in [1.807, 2.05) is 0 Å². The first-order chi connectivity index (χ1) is 18.2. The molecule has 0 aromatic heterocycles. The van der Waals surface area contributed by atoms with Gasteiger partial charge in [-0.1, -0.05) is 30.3 Å². The molecule has 3 unspecified atom stereocenters. The maximum absolute atomic E-state index is 13.0. The van der Waals surface area contributed by atoms with E-state index in [2.05, 4.69) is 5.32 Å². The van der Waals surface area contributed by atoms with Crippen molar-refractivity contribution >= 4 is 23.6 Å². The van der Waals surface area contributed by atoms with Gasteiger partial charge in [0.2, 0.25) is 17.7 Å². The van der Waals surface area contributed by atoms with Gasteiger partial charge in [0.05, 0.1) is 18.6 Å². The molecule has 3 heterocycles. The van der Waals surface area contributed by atoms with Crippen LogP contribution < -0.4 is 10.1 Å². The molecule has 9 nitrogen and oxygen atoms in total. The van der Waals surface area contributed by atoms with Gasteiger partial charge < -0.3 is 19.3 Å². The lowest BCUT2D eigenvalue weighted by Gasteiger charge is -2.29. The Hall–Kier alpha value is -3.72. The topological polar surface area (TPSA) is 105 Å². The number of carbonyl (C=O) groups is 4. The van der Waals surface area contributed by atoms with Crippen molar-refractivity contribution in [3.8, 4) is 5.75 Å². The molecule has 1 N–H and O–H groups in total. The number of piperidine rings is 1.